The van der Waals surface area contributed by atoms with Gasteiger partial charge in [0.1, 0.15) is 6.54 Å². The summed E-state index contributed by atoms with van der Waals surface area (Å²) in [6.07, 6.45) is 0. The van der Waals surface area contributed by atoms with E-state index in [4.69, 9.17) is 5.11 Å². The van der Waals surface area contributed by atoms with Gasteiger partial charge in [-0.15, -0.1) is 0 Å². The lowest BCUT2D eigenvalue weighted by molar-refractivity contribution is -0.394. The number of carbonyl (C=O) groups excluding carboxylic acids is 1. The van der Waals surface area contributed by atoms with Crippen LogP contribution in [-0.2, 0) is 4.79 Å². The van der Waals surface area contributed by atoms with E-state index in [2.05, 4.69) is 0 Å². The molecule has 1 N–H and O–H groups in total. The van der Waals surface area contributed by atoms with Crippen LogP contribution < -0.4 is 0 Å². The third-order valence-corrected chi connectivity index (χ3v) is 2.29. The standard InChI is InChI=1S/C10H9N3O7/c1-11(5-9(14)15)10(16)6-2-7(12(17)18)4-8(3-6)13(19)20/h2-4H,5H2,1H3,(H,14,15). The zero-order chi connectivity index (χ0) is 15.4. The van der Waals surface area contributed by atoms with E-state index in [1.807, 2.05) is 0 Å². The molecule has 10 heteroatoms. The van der Waals surface area contributed by atoms with Crippen LogP contribution in [0.3, 0.4) is 0 Å². The van der Waals surface area contributed by atoms with Crippen LogP contribution in [0.2, 0.25) is 0 Å². The number of hydrogen-bond donors (Lipinski definition) is 1. The lowest BCUT2D eigenvalue weighted by Crippen LogP contribution is -2.32. The summed E-state index contributed by atoms with van der Waals surface area (Å²) >= 11 is 0. The van der Waals surface area contributed by atoms with E-state index in [1.54, 1.807) is 0 Å². The molecule has 0 aliphatic rings. The van der Waals surface area contributed by atoms with Crippen molar-refractivity contribution in [3.05, 3.63) is 44.0 Å². The van der Waals surface area contributed by atoms with Crippen molar-refractivity contribution in [3.8, 4) is 0 Å². The van der Waals surface area contributed by atoms with Crippen LogP contribution in [-0.4, -0.2) is 45.3 Å². The summed E-state index contributed by atoms with van der Waals surface area (Å²) < 4.78 is 0. The summed E-state index contributed by atoms with van der Waals surface area (Å²) in [6.45, 7) is -0.630. The molecule has 20 heavy (non-hydrogen) atoms. The zero-order valence-electron chi connectivity index (χ0n) is 10.2. The van der Waals surface area contributed by atoms with Crippen molar-refractivity contribution in [3.63, 3.8) is 0 Å². The molecule has 1 aromatic carbocycles. The van der Waals surface area contributed by atoms with Gasteiger partial charge in [0, 0.05) is 19.2 Å². The number of carboxylic acid groups (broad SMARTS) is 1. The Morgan fingerprint density at radius 1 is 1.15 bits per heavy atom. The number of carboxylic acids is 1. The lowest BCUT2D eigenvalue weighted by Gasteiger charge is -2.14. The molecule has 0 aliphatic carbocycles. The molecular weight excluding hydrogens is 274 g/mol. The molecule has 0 heterocycles. The number of rotatable bonds is 5. The first-order valence-corrected chi connectivity index (χ1v) is 5.13. The molecular formula is C10H9N3O7. The normalized spacial score (nSPS) is 9.85. The molecule has 0 saturated carbocycles. The number of aliphatic carboxylic acids is 1. The summed E-state index contributed by atoms with van der Waals surface area (Å²) in [4.78, 5) is 42.7. The first kappa shape index (κ1) is 15.0. The Balaban J connectivity index is 3.23. The molecule has 106 valence electrons. The van der Waals surface area contributed by atoms with Crippen LogP contribution in [0.25, 0.3) is 0 Å². The number of hydrogen-bond acceptors (Lipinski definition) is 6. The Kier molecular flexibility index (Phi) is 4.31. The van der Waals surface area contributed by atoms with E-state index in [0.29, 0.717) is 6.07 Å². The van der Waals surface area contributed by atoms with Gasteiger partial charge in [0.25, 0.3) is 17.3 Å². The fourth-order valence-electron chi connectivity index (χ4n) is 1.42. The van der Waals surface area contributed by atoms with Crippen LogP contribution >= 0.6 is 0 Å². The van der Waals surface area contributed by atoms with Gasteiger partial charge in [-0.05, 0) is 0 Å². The van der Waals surface area contributed by atoms with Crippen LogP contribution in [0.1, 0.15) is 10.4 Å². The Morgan fingerprint density at radius 2 is 1.60 bits per heavy atom. The van der Waals surface area contributed by atoms with Gasteiger partial charge in [-0.25, -0.2) is 0 Å². The molecule has 1 amide bonds. The van der Waals surface area contributed by atoms with E-state index >= 15 is 0 Å². The molecule has 0 radical (unpaired) electrons. The highest BCUT2D eigenvalue weighted by Crippen LogP contribution is 2.23. The van der Waals surface area contributed by atoms with E-state index in [1.165, 1.54) is 7.05 Å². The second kappa shape index (κ2) is 5.73. The van der Waals surface area contributed by atoms with E-state index < -0.39 is 39.6 Å². The average Bonchev–Trinajstić information content (AvgIpc) is 2.36. The van der Waals surface area contributed by atoms with Crippen molar-refractivity contribution in [2.24, 2.45) is 0 Å². The molecule has 0 spiro atoms. The van der Waals surface area contributed by atoms with Crippen LogP contribution in [0.4, 0.5) is 11.4 Å². The second-order valence-electron chi connectivity index (χ2n) is 3.81. The van der Waals surface area contributed by atoms with Gasteiger partial charge in [0.15, 0.2) is 0 Å². The molecule has 1 aromatic rings. The predicted molar refractivity (Wildman–Crippen MR) is 64.3 cm³/mol. The number of carbonyl (C=O) groups is 2. The highest BCUT2D eigenvalue weighted by atomic mass is 16.6. The van der Waals surface area contributed by atoms with Gasteiger partial charge >= 0.3 is 5.97 Å². The SMILES string of the molecule is CN(CC(=O)O)C(=O)c1cc([N+](=O)[O-])cc([N+](=O)[O-])c1. The van der Waals surface area contributed by atoms with Crippen LogP contribution in [0.15, 0.2) is 18.2 Å². The highest BCUT2D eigenvalue weighted by molar-refractivity contribution is 5.96. The van der Waals surface area contributed by atoms with Gasteiger partial charge in [-0.3, -0.25) is 29.8 Å². The fourth-order valence-corrected chi connectivity index (χ4v) is 1.42. The van der Waals surface area contributed by atoms with Crippen molar-refractivity contribution in [2.75, 3.05) is 13.6 Å². The molecule has 1 rings (SSSR count). The maximum absolute atomic E-state index is 11.8. The molecule has 0 aromatic heterocycles. The van der Waals surface area contributed by atoms with E-state index in [-0.39, 0.29) is 5.56 Å². The third kappa shape index (κ3) is 3.48. The number of nitro groups is 2. The molecule has 0 unspecified atom stereocenters. The molecule has 10 nitrogen and oxygen atoms in total. The van der Waals surface area contributed by atoms with Crippen molar-refractivity contribution < 1.29 is 24.5 Å². The minimum Gasteiger partial charge on any atom is -0.480 e. The van der Waals surface area contributed by atoms with Crippen molar-refractivity contribution >= 4 is 23.3 Å². The maximum Gasteiger partial charge on any atom is 0.323 e. The van der Waals surface area contributed by atoms with E-state index in [9.17, 15) is 29.8 Å². The summed E-state index contributed by atoms with van der Waals surface area (Å²) in [5.74, 6) is -2.14. The van der Waals surface area contributed by atoms with Crippen molar-refractivity contribution in [1.29, 1.82) is 0 Å². The Bertz CT molecular complexity index is 566. The first-order chi connectivity index (χ1) is 9.22. The minimum absolute atomic E-state index is 0.324. The average molecular weight is 283 g/mol. The second-order valence-corrected chi connectivity index (χ2v) is 3.81. The highest BCUT2D eigenvalue weighted by Gasteiger charge is 2.22. The molecule has 0 aliphatic heterocycles. The van der Waals surface area contributed by atoms with Gasteiger partial charge in [0.05, 0.1) is 21.5 Å². The first-order valence-electron chi connectivity index (χ1n) is 5.13. The Labute approximate surface area is 111 Å². The largest absolute Gasteiger partial charge is 0.480 e. The number of likely N-dealkylation sites (N-methyl/N-ethyl adjacent to an activating group) is 1. The lowest BCUT2D eigenvalue weighted by atomic mass is 10.1. The van der Waals surface area contributed by atoms with Crippen molar-refractivity contribution in [2.45, 2.75) is 0 Å². The topological polar surface area (TPSA) is 144 Å². The number of benzene rings is 1. The monoisotopic (exact) mass is 283 g/mol. The zero-order valence-corrected chi connectivity index (χ0v) is 10.2. The summed E-state index contributed by atoms with van der Waals surface area (Å²) in [5.41, 5.74) is -1.56. The maximum atomic E-state index is 11.8. The van der Waals surface area contributed by atoms with Crippen LogP contribution in [0.5, 0.6) is 0 Å². The van der Waals surface area contributed by atoms with Crippen molar-refractivity contribution in [1.82, 2.24) is 4.90 Å². The fraction of sp³-hybridized carbons (Fsp3) is 0.200. The van der Waals surface area contributed by atoms with Gasteiger partial charge < -0.3 is 10.0 Å². The Hall–Kier alpha value is -3.04. The summed E-state index contributed by atoms with van der Waals surface area (Å²) in [5, 5.41) is 29.9. The van der Waals surface area contributed by atoms with Gasteiger partial charge in [-0.2, -0.15) is 0 Å². The number of nitro benzene ring substituents is 2. The van der Waals surface area contributed by atoms with Gasteiger partial charge in [0.2, 0.25) is 0 Å². The molecule has 0 fully saturated rings. The third-order valence-electron chi connectivity index (χ3n) is 2.29. The number of nitrogens with zero attached hydrogens (tertiary/aromatic N) is 3. The summed E-state index contributed by atoms with van der Waals surface area (Å²) in [6, 6.07) is 2.43. The quantitative estimate of drug-likeness (QED) is 0.617. The number of non-ortho nitro benzene ring substituents is 2. The van der Waals surface area contributed by atoms with Crippen LogP contribution in [0, 0.1) is 20.2 Å². The van der Waals surface area contributed by atoms with Gasteiger partial charge in [-0.1, -0.05) is 0 Å². The Morgan fingerprint density at radius 3 is 1.95 bits per heavy atom. The number of amides is 1. The smallest absolute Gasteiger partial charge is 0.323 e. The van der Waals surface area contributed by atoms with E-state index in [0.717, 1.165) is 17.0 Å². The summed E-state index contributed by atoms with van der Waals surface area (Å²) in [7, 11) is 1.17. The molecule has 0 saturated heterocycles. The minimum atomic E-state index is -1.28. The molecule has 0 bridgehead atoms. The predicted octanol–water partition coefficient (Wildman–Crippen LogP) is 0.660. The molecule has 0 atom stereocenters.